The van der Waals surface area contributed by atoms with E-state index in [1.807, 2.05) is 6.92 Å². The number of hydrogen-bond donors (Lipinski definition) is 2. The predicted molar refractivity (Wildman–Crippen MR) is 89.6 cm³/mol. The van der Waals surface area contributed by atoms with Crippen LogP contribution in [0, 0.1) is 0 Å². The average molecular weight is 325 g/mol. The Bertz CT molecular complexity index is 519. The molecule has 0 heterocycles. The molecule has 0 aliphatic rings. The molecule has 0 fully saturated rings. The molecule has 1 unspecified atom stereocenters. The van der Waals surface area contributed by atoms with Crippen LogP contribution in [0.15, 0.2) is 18.2 Å². The van der Waals surface area contributed by atoms with Gasteiger partial charge in [-0.15, -0.1) is 11.8 Å². The van der Waals surface area contributed by atoms with Gasteiger partial charge in [0.1, 0.15) is 0 Å². The Hall–Kier alpha value is -1.53. The van der Waals surface area contributed by atoms with E-state index in [9.17, 15) is 9.59 Å². The maximum Gasteiger partial charge on any atom is 0.335 e. The van der Waals surface area contributed by atoms with Crippen LogP contribution in [-0.2, 0) is 16.1 Å². The Morgan fingerprint density at radius 3 is 2.68 bits per heavy atom. The van der Waals surface area contributed by atoms with Crippen LogP contribution in [0.4, 0.5) is 5.69 Å². The third kappa shape index (κ3) is 6.07. The minimum atomic E-state index is -1.03. The second kappa shape index (κ2) is 9.48. The van der Waals surface area contributed by atoms with Crippen molar-refractivity contribution >= 4 is 29.3 Å². The monoisotopic (exact) mass is 325 g/mol. The van der Waals surface area contributed by atoms with Crippen LogP contribution in [0.5, 0.6) is 0 Å². The first kappa shape index (κ1) is 18.5. The van der Waals surface area contributed by atoms with Crippen molar-refractivity contribution in [3.05, 3.63) is 29.3 Å². The molecule has 0 saturated carbocycles. The standard InChI is InChI=1S/C16H23NO4S/c1-4-5-6-22-11(2)15(18)17-14-8-12(10-21-3)7-13(9-14)16(19)20/h7-9,11H,4-6,10H2,1-3H3,(H,17,18)(H,19,20). The first-order valence-electron chi connectivity index (χ1n) is 7.26. The lowest BCUT2D eigenvalue weighted by Crippen LogP contribution is -2.23. The fraction of sp³-hybridized carbons (Fsp3) is 0.500. The van der Waals surface area contributed by atoms with E-state index in [0.717, 1.165) is 18.6 Å². The summed E-state index contributed by atoms with van der Waals surface area (Å²) in [5.41, 5.74) is 1.33. The smallest absolute Gasteiger partial charge is 0.335 e. The summed E-state index contributed by atoms with van der Waals surface area (Å²) in [4.78, 5) is 23.3. The Labute approximate surface area is 135 Å². The van der Waals surface area contributed by atoms with Crippen molar-refractivity contribution in [1.82, 2.24) is 0 Å². The minimum Gasteiger partial charge on any atom is -0.478 e. The maximum atomic E-state index is 12.1. The molecule has 5 nitrogen and oxygen atoms in total. The number of nitrogens with one attached hydrogen (secondary N) is 1. The second-order valence-electron chi connectivity index (χ2n) is 5.01. The molecule has 122 valence electrons. The number of unbranched alkanes of at least 4 members (excludes halogenated alkanes) is 1. The van der Waals surface area contributed by atoms with E-state index in [2.05, 4.69) is 12.2 Å². The summed E-state index contributed by atoms with van der Waals surface area (Å²) in [7, 11) is 1.54. The van der Waals surface area contributed by atoms with Crippen LogP contribution < -0.4 is 5.32 Å². The van der Waals surface area contributed by atoms with Gasteiger partial charge in [0.15, 0.2) is 0 Å². The summed E-state index contributed by atoms with van der Waals surface area (Å²) in [6.07, 6.45) is 2.18. The van der Waals surface area contributed by atoms with Gasteiger partial charge in [0.05, 0.1) is 17.4 Å². The molecule has 1 atom stereocenters. The molecule has 22 heavy (non-hydrogen) atoms. The van der Waals surface area contributed by atoms with Crippen LogP contribution in [0.25, 0.3) is 0 Å². The summed E-state index contributed by atoms with van der Waals surface area (Å²) in [6, 6.07) is 4.74. The number of thioether (sulfide) groups is 1. The van der Waals surface area contributed by atoms with Crippen molar-refractivity contribution < 1.29 is 19.4 Å². The molecule has 1 rings (SSSR count). The van der Waals surface area contributed by atoms with Gasteiger partial charge in [-0.25, -0.2) is 4.79 Å². The number of amides is 1. The van der Waals surface area contributed by atoms with Crippen molar-refractivity contribution in [2.24, 2.45) is 0 Å². The molecule has 0 saturated heterocycles. The van der Waals surface area contributed by atoms with Crippen LogP contribution in [-0.4, -0.2) is 35.1 Å². The average Bonchev–Trinajstić information content (AvgIpc) is 2.47. The number of carboxylic acids is 1. The molecule has 2 N–H and O–H groups in total. The lowest BCUT2D eigenvalue weighted by Gasteiger charge is -2.13. The van der Waals surface area contributed by atoms with Crippen LogP contribution in [0.3, 0.4) is 0 Å². The number of carboxylic acid groups (broad SMARTS) is 1. The fourth-order valence-electron chi connectivity index (χ4n) is 1.86. The van der Waals surface area contributed by atoms with Gasteiger partial charge in [-0.2, -0.15) is 0 Å². The first-order chi connectivity index (χ1) is 10.5. The van der Waals surface area contributed by atoms with Crippen LogP contribution in [0.2, 0.25) is 0 Å². The number of anilines is 1. The highest BCUT2D eigenvalue weighted by Crippen LogP contribution is 2.19. The van der Waals surface area contributed by atoms with Gasteiger partial charge >= 0.3 is 5.97 Å². The van der Waals surface area contributed by atoms with Gasteiger partial charge < -0.3 is 15.2 Å². The highest BCUT2D eigenvalue weighted by Gasteiger charge is 2.15. The number of aromatic carboxylic acids is 1. The molecule has 0 aromatic heterocycles. The Morgan fingerprint density at radius 2 is 2.09 bits per heavy atom. The lowest BCUT2D eigenvalue weighted by atomic mass is 10.1. The van der Waals surface area contributed by atoms with Gasteiger partial charge in [0, 0.05) is 12.8 Å². The number of hydrogen-bond acceptors (Lipinski definition) is 4. The van der Waals surface area contributed by atoms with Crippen LogP contribution >= 0.6 is 11.8 Å². The van der Waals surface area contributed by atoms with Crippen molar-refractivity contribution in [3.8, 4) is 0 Å². The number of methoxy groups -OCH3 is 1. The fourth-order valence-corrected chi connectivity index (χ4v) is 2.88. The number of rotatable bonds is 9. The Balaban J connectivity index is 2.78. The summed E-state index contributed by atoms with van der Waals surface area (Å²) in [6.45, 7) is 4.26. The zero-order valence-corrected chi connectivity index (χ0v) is 14.0. The number of ether oxygens (including phenoxy) is 1. The SMILES string of the molecule is CCCCSC(C)C(=O)Nc1cc(COC)cc(C(=O)O)c1. The second-order valence-corrected chi connectivity index (χ2v) is 6.46. The van der Waals surface area contributed by atoms with E-state index >= 15 is 0 Å². The van der Waals surface area contributed by atoms with E-state index in [4.69, 9.17) is 9.84 Å². The van der Waals surface area contributed by atoms with Gasteiger partial charge in [-0.1, -0.05) is 13.3 Å². The molecule has 0 aliphatic carbocycles. The molecule has 6 heteroatoms. The third-order valence-electron chi connectivity index (χ3n) is 3.05. The van der Waals surface area contributed by atoms with Gasteiger partial charge in [-0.3, -0.25) is 4.79 Å². The Morgan fingerprint density at radius 1 is 1.36 bits per heavy atom. The largest absolute Gasteiger partial charge is 0.478 e. The lowest BCUT2D eigenvalue weighted by molar-refractivity contribution is -0.115. The normalized spacial score (nSPS) is 12.0. The molecule has 0 aliphatic heterocycles. The van der Waals surface area contributed by atoms with Gasteiger partial charge in [0.2, 0.25) is 5.91 Å². The maximum absolute atomic E-state index is 12.1. The van der Waals surface area contributed by atoms with E-state index in [1.54, 1.807) is 23.9 Å². The van der Waals surface area contributed by atoms with Crippen molar-refractivity contribution in [1.29, 1.82) is 0 Å². The summed E-state index contributed by atoms with van der Waals surface area (Å²) >= 11 is 1.60. The summed E-state index contributed by atoms with van der Waals surface area (Å²) in [5.74, 6) is -0.208. The van der Waals surface area contributed by atoms with E-state index in [-0.39, 0.29) is 16.7 Å². The summed E-state index contributed by atoms with van der Waals surface area (Å²) in [5, 5.41) is 11.7. The number of benzene rings is 1. The van der Waals surface area contributed by atoms with E-state index in [1.165, 1.54) is 13.2 Å². The molecular formula is C16H23NO4S. The minimum absolute atomic E-state index is 0.119. The molecule has 0 bridgehead atoms. The molecule has 1 aromatic carbocycles. The molecular weight excluding hydrogens is 302 g/mol. The topological polar surface area (TPSA) is 75.6 Å². The molecule has 0 spiro atoms. The van der Waals surface area contributed by atoms with E-state index < -0.39 is 5.97 Å². The van der Waals surface area contributed by atoms with Crippen LogP contribution in [0.1, 0.15) is 42.6 Å². The Kier molecular flexibility index (Phi) is 7.98. The highest BCUT2D eigenvalue weighted by atomic mass is 32.2. The number of carbonyl (C=O) groups is 2. The highest BCUT2D eigenvalue weighted by molar-refractivity contribution is 8.00. The third-order valence-corrected chi connectivity index (χ3v) is 4.29. The predicted octanol–water partition coefficient (Wildman–Crippen LogP) is 3.39. The molecule has 1 aromatic rings. The quantitative estimate of drug-likeness (QED) is 0.681. The van der Waals surface area contributed by atoms with E-state index in [0.29, 0.717) is 17.9 Å². The zero-order valence-electron chi connectivity index (χ0n) is 13.2. The van der Waals surface area contributed by atoms with Crippen molar-refractivity contribution in [2.45, 2.75) is 38.5 Å². The molecule has 1 amide bonds. The van der Waals surface area contributed by atoms with Crippen molar-refractivity contribution in [2.75, 3.05) is 18.2 Å². The summed E-state index contributed by atoms with van der Waals surface area (Å²) < 4.78 is 5.03. The van der Waals surface area contributed by atoms with Crippen molar-refractivity contribution in [3.63, 3.8) is 0 Å². The molecule has 0 radical (unpaired) electrons. The zero-order chi connectivity index (χ0) is 16.5. The number of carbonyl (C=O) groups excluding carboxylic acids is 1. The first-order valence-corrected chi connectivity index (χ1v) is 8.31. The van der Waals surface area contributed by atoms with Gasteiger partial charge in [-0.05, 0) is 42.9 Å². The van der Waals surface area contributed by atoms with Gasteiger partial charge in [0.25, 0.3) is 0 Å².